The van der Waals surface area contributed by atoms with Crippen LogP contribution < -0.4 is 0 Å². The van der Waals surface area contributed by atoms with Crippen molar-refractivity contribution in [3.05, 3.63) is 0 Å². The van der Waals surface area contributed by atoms with Crippen LogP contribution in [-0.4, -0.2) is 24.3 Å². The Bertz CT molecular complexity index is 183. The highest BCUT2D eigenvalue weighted by Gasteiger charge is 2.42. The van der Waals surface area contributed by atoms with Crippen molar-refractivity contribution in [1.29, 1.82) is 0 Å². The minimum atomic E-state index is -0.690. The van der Waals surface area contributed by atoms with Crippen molar-refractivity contribution in [2.45, 2.75) is 33.1 Å². The van der Waals surface area contributed by atoms with Crippen molar-refractivity contribution in [3.8, 4) is 0 Å². The smallest absolute Gasteiger partial charge is 0.312 e. The zero-order chi connectivity index (χ0) is 9.90. The molecule has 1 saturated heterocycles. The third kappa shape index (κ3) is 2.21. The summed E-state index contributed by atoms with van der Waals surface area (Å²) in [6, 6.07) is 0. The second-order valence-electron chi connectivity index (χ2n) is 4.11. The largest absolute Gasteiger partial charge is 0.481 e. The zero-order valence-electron chi connectivity index (χ0n) is 8.38. The Balaban J connectivity index is 2.62. The first kappa shape index (κ1) is 10.5. The van der Waals surface area contributed by atoms with E-state index in [9.17, 15) is 4.79 Å². The first-order chi connectivity index (χ1) is 6.10. The summed E-state index contributed by atoms with van der Waals surface area (Å²) in [6.07, 6.45) is 2.46. The summed E-state index contributed by atoms with van der Waals surface area (Å²) in [4.78, 5) is 11.1. The number of carboxylic acids is 1. The molecule has 0 aromatic carbocycles. The topological polar surface area (TPSA) is 46.5 Å². The van der Waals surface area contributed by atoms with Crippen molar-refractivity contribution in [2.24, 2.45) is 11.3 Å². The third-order valence-electron chi connectivity index (χ3n) is 2.99. The maximum atomic E-state index is 11.1. The molecule has 1 N–H and O–H groups in total. The highest BCUT2D eigenvalue weighted by atomic mass is 16.5. The number of rotatable bonds is 4. The molecular weight excluding hydrogens is 168 g/mol. The molecule has 0 radical (unpaired) electrons. The van der Waals surface area contributed by atoms with Crippen LogP contribution in [0.4, 0.5) is 0 Å². The second-order valence-corrected chi connectivity index (χ2v) is 4.11. The molecule has 2 atom stereocenters. The van der Waals surface area contributed by atoms with Crippen LogP contribution in [0.25, 0.3) is 0 Å². The average Bonchev–Trinajstić information content (AvgIpc) is 2.54. The van der Waals surface area contributed by atoms with Gasteiger partial charge in [-0.2, -0.15) is 0 Å². The van der Waals surface area contributed by atoms with Crippen LogP contribution in [0.5, 0.6) is 0 Å². The number of ether oxygens (including phenoxy) is 1. The first-order valence-electron chi connectivity index (χ1n) is 4.92. The first-order valence-corrected chi connectivity index (χ1v) is 4.92. The molecule has 3 heteroatoms. The van der Waals surface area contributed by atoms with Gasteiger partial charge in [0.15, 0.2) is 0 Å². The van der Waals surface area contributed by atoms with Crippen LogP contribution in [0.3, 0.4) is 0 Å². The van der Waals surface area contributed by atoms with E-state index in [1.807, 2.05) is 0 Å². The fourth-order valence-electron chi connectivity index (χ4n) is 1.84. The van der Waals surface area contributed by atoms with Gasteiger partial charge in [-0.15, -0.1) is 0 Å². The summed E-state index contributed by atoms with van der Waals surface area (Å²) in [7, 11) is 0. The maximum Gasteiger partial charge on any atom is 0.312 e. The third-order valence-corrected chi connectivity index (χ3v) is 2.99. The highest BCUT2D eigenvalue weighted by molar-refractivity contribution is 5.75. The fourth-order valence-corrected chi connectivity index (χ4v) is 1.84. The van der Waals surface area contributed by atoms with Gasteiger partial charge in [-0.3, -0.25) is 4.79 Å². The molecule has 1 rings (SSSR count). The summed E-state index contributed by atoms with van der Waals surface area (Å²) < 4.78 is 5.19. The van der Waals surface area contributed by atoms with E-state index in [0.717, 1.165) is 12.8 Å². The van der Waals surface area contributed by atoms with Crippen molar-refractivity contribution >= 4 is 5.97 Å². The van der Waals surface area contributed by atoms with Crippen LogP contribution in [0.1, 0.15) is 33.1 Å². The maximum absolute atomic E-state index is 11.1. The quantitative estimate of drug-likeness (QED) is 0.729. The zero-order valence-corrected chi connectivity index (χ0v) is 8.38. The Kier molecular flexibility index (Phi) is 3.31. The Morgan fingerprint density at radius 1 is 1.69 bits per heavy atom. The molecule has 0 aromatic heterocycles. The lowest BCUT2D eigenvalue weighted by Gasteiger charge is -2.25. The van der Waals surface area contributed by atoms with Gasteiger partial charge in [-0.05, 0) is 18.8 Å². The molecule has 76 valence electrons. The Morgan fingerprint density at radius 3 is 2.77 bits per heavy atom. The molecule has 2 unspecified atom stereocenters. The Hall–Kier alpha value is -0.570. The Labute approximate surface area is 79.1 Å². The summed E-state index contributed by atoms with van der Waals surface area (Å²) in [6.45, 7) is 5.19. The molecule has 0 spiro atoms. The lowest BCUT2D eigenvalue weighted by atomic mass is 9.78. The van der Waals surface area contributed by atoms with Crippen molar-refractivity contribution in [3.63, 3.8) is 0 Å². The minimum absolute atomic E-state index is 0.396. The van der Waals surface area contributed by atoms with Crippen LogP contribution in [0, 0.1) is 11.3 Å². The van der Waals surface area contributed by atoms with Gasteiger partial charge in [0, 0.05) is 6.61 Å². The van der Waals surface area contributed by atoms with Crippen LogP contribution >= 0.6 is 0 Å². The molecule has 1 aliphatic rings. The van der Waals surface area contributed by atoms with E-state index in [2.05, 4.69) is 13.8 Å². The average molecular weight is 186 g/mol. The van der Waals surface area contributed by atoms with E-state index in [0.29, 0.717) is 25.6 Å². The molecule has 1 heterocycles. The highest BCUT2D eigenvalue weighted by Crippen LogP contribution is 2.36. The van der Waals surface area contributed by atoms with Crippen LogP contribution in [0.2, 0.25) is 0 Å². The molecule has 3 nitrogen and oxygen atoms in total. The van der Waals surface area contributed by atoms with Crippen molar-refractivity contribution < 1.29 is 14.6 Å². The van der Waals surface area contributed by atoms with E-state index in [1.54, 1.807) is 0 Å². The van der Waals surface area contributed by atoms with E-state index in [1.165, 1.54) is 0 Å². The van der Waals surface area contributed by atoms with Gasteiger partial charge in [0.2, 0.25) is 0 Å². The Morgan fingerprint density at radius 2 is 2.38 bits per heavy atom. The predicted molar refractivity (Wildman–Crippen MR) is 49.6 cm³/mol. The minimum Gasteiger partial charge on any atom is -0.481 e. The summed E-state index contributed by atoms with van der Waals surface area (Å²) in [5, 5.41) is 9.13. The molecule has 0 bridgehead atoms. The van der Waals surface area contributed by atoms with Crippen LogP contribution in [-0.2, 0) is 9.53 Å². The van der Waals surface area contributed by atoms with E-state index in [-0.39, 0.29) is 0 Å². The molecule has 1 fully saturated rings. The molecule has 0 amide bonds. The van der Waals surface area contributed by atoms with E-state index in [4.69, 9.17) is 9.84 Å². The standard InChI is InChI=1S/C10H18O3/c1-3-8(2)6-10(9(11)12)4-5-13-7-10/h8H,3-7H2,1-2H3,(H,11,12). The monoisotopic (exact) mass is 186 g/mol. The summed E-state index contributed by atoms with van der Waals surface area (Å²) in [5.41, 5.74) is -0.588. The second kappa shape index (κ2) is 4.09. The molecular formula is C10H18O3. The molecule has 0 aliphatic carbocycles. The van der Waals surface area contributed by atoms with E-state index >= 15 is 0 Å². The molecule has 0 saturated carbocycles. The van der Waals surface area contributed by atoms with Crippen molar-refractivity contribution in [1.82, 2.24) is 0 Å². The number of hydrogen-bond acceptors (Lipinski definition) is 2. The van der Waals surface area contributed by atoms with Gasteiger partial charge >= 0.3 is 5.97 Å². The summed E-state index contributed by atoms with van der Waals surface area (Å²) in [5.74, 6) is -0.219. The lowest BCUT2D eigenvalue weighted by Crippen LogP contribution is -2.33. The van der Waals surface area contributed by atoms with Gasteiger partial charge in [-0.25, -0.2) is 0 Å². The molecule has 1 aliphatic heterocycles. The number of carbonyl (C=O) groups is 1. The van der Waals surface area contributed by atoms with Crippen molar-refractivity contribution in [2.75, 3.05) is 13.2 Å². The summed E-state index contributed by atoms with van der Waals surface area (Å²) >= 11 is 0. The SMILES string of the molecule is CCC(C)CC1(C(=O)O)CCOC1. The van der Waals surface area contributed by atoms with Gasteiger partial charge in [0.05, 0.1) is 12.0 Å². The van der Waals surface area contributed by atoms with E-state index < -0.39 is 11.4 Å². The van der Waals surface area contributed by atoms with Crippen LogP contribution in [0.15, 0.2) is 0 Å². The van der Waals surface area contributed by atoms with Gasteiger partial charge in [-0.1, -0.05) is 20.3 Å². The fraction of sp³-hybridized carbons (Fsp3) is 0.900. The van der Waals surface area contributed by atoms with Gasteiger partial charge in [0.25, 0.3) is 0 Å². The van der Waals surface area contributed by atoms with Gasteiger partial charge < -0.3 is 9.84 Å². The molecule has 13 heavy (non-hydrogen) atoms. The number of aliphatic carboxylic acids is 1. The van der Waals surface area contributed by atoms with Gasteiger partial charge in [0.1, 0.15) is 0 Å². The lowest BCUT2D eigenvalue weighted by molar-refractivity contribution is -0.150. The number of carboxylic acid groups (broad SMARTS) is 1. The normalized spacial score (nSPS) is 30.3. The number of hydrogen-bond donors (Lipinski definition) is 1. The molecule has 0 aromatic rings. The predicted octanol–water partition coefficient (Wildman–Crippen LogP) is 1.91.